The summed E-state index contributed by atoms with van der Waals surface area (Å²) in [6.07, 6.45) is 0. The van der Waals surface area contributed by atoms with Crippen molar-refractivity contribution in [3.8, 4) is 0 Å². The van der Waals surface area contributed by atoms with Crippen molar-refractivity contribution in [2.24, 2.45) is 0 Å². The van der Waals surface area contributed by atoms with E-state index >= 15 is 0 Å². The van der Waals surface area contributed by atoms with Crippen molar-refractivity contribution < 1.29 is 13.2 Å². The van der Waals surface area contributed by atoms with Crippen LogP contribution in [0.5, 0.6) is 0 Å². The molecule has 0 aliphatic carbocycles. The van der Waals surface area contributed by atoms with Gasteiger partial charge in [-0.15, -0.1) is 0 Å². The maximum absolute atomic E-state index is 12.1. The summed E-state index contributed by atoms with van der Waals surface area (Å²) >= 11 is 9.08. The van der Waals surface area contributed by atoms with Crippen molar-refractivity contribution in [1.82, 2.24) is 4.72 Å². The summed E-state index contributed by atoms with van der Waals surface area (Å²) in [5, 5.41) is 2.92. The number of hydrogen-bond acceptors (Lipinski definition) is 3. The zero-order valence-corrected chi connectivity index (χ0v) is 14.4. The highest BCUT2D eigenvalue weighted by atomic mass is 79.9. The Bertz CT molecular complexity index is 796. The van der Waals surface area contributed by atoms with Gasteiger partial charge in [-0.25, -0.2) is 13.1 Å². The van der Waals surface area contributed by atoms with Gasteiger partial charge in [0.15, 0.2) is 0 Å². The van der Waals surface area contributed by atoms with E-state index in [-0.39, 0.29) is 4.90 Å². The van der Waals surface area contributed by atoms with Crippen LogP contribution in [0.2, 0.25) is 5.02 Å². The second-order valence-corrected chi connectivity index (χ2v) is 7.28. The fourth-order valence-corrected chi connectivity index (χ4v) is 3.82. The molecule has 0 fully saturated rings. The first-order valence-electron chi connectivity index (χ1n) is 6.19. The number of carbonyl (C=O) groups is 1. The Morgan fingerprint density at radius 3 is 2.41 bits per heavy atom. The first-order valence-corrected chi connectivity index (χ1v) is 8.84. The standard InChI is InChI=1S/C14H12BrClN2O3S/c15-10-5-1-4-8-13(10)22(20,21)17-9-14(19)18-12-7-3-2-6-11(12)16/h1-8,17H,9H2,(H,18,19). The van der Waals surface area contributed by atoms with Crippen LogP contribution < -0.4 is 10.0 Å². The Hall–Kier alpha value is -1.41. The fourth-order valence-electron chi connectivity index (χ4n) is 1.66. The summed E-state index contributed by atoms with van der Waals surface area (Å²) in [5.74, 6) is -0.510. The summed E-state index contributed by atoms with van der Waals surface area (Å²) in [6.45, 7) is -0.394. The fraction of sp³-hybridized carbons (Fsp3) is 0.0714. The van der Waals surface area contributed by atoms with Crippen molar-refractivity contribution in [3.05, 3.63) is 58.0 Å². The van der Waals surface area contributed by atoms with Gasteiger partial charge in [0, 0.05) is 4.47 Å². The number of sulfonamides is 1. The van der Waals surface area contributed by atoms with E-state index in [0.717, 1.165) is 0 Å². The van der Waals surface area contributed by atoms with Crippen molar-refractivity contribution >= 4 is 49.1 Å². The minimum Gasteiger partial charge on any atom is -0.324 e. The van der Waals surface area contributed by atoms with E-state index in [1.165, 1.54) is 6.07 Å². The number of para-hydroxylation sites is 1. The van der Waals surface area contributed by atoms with Crippen LogP contribution in [0.15, 0.2) is 57.9 Å². The number of halogens is 2. The first-order chi connectivity index (χ1) is 10.4. The molecule has 0 radical (unpaired) electrons. The van der Waals surface area contributed by atoms with Gasteiger partial charge in [-0.3, -0.25) is 4.79 Å². The topological polar surface area (TPSA) is 75.3 Å². The third-order valence-electron chi connectivity index (χ3n) is 2.70. The Balaban J connectivity index is 2.02. The molecule has 2 aromatic rings. The van der Waals surface area contributed by atoms with Crippen LogP contribution in [-0.4, -0.2) is 20.9 Å². The highest BCUT2D eigenvalue weighted by Crippen LogP contribution is 2.21. The van der Waals surface area contributed by atoms with Crippen LogP contribution in [0.4, 0.5) is 5.69 Å². The van der Waals surface area contributed by atoms with Gasteiger partial charge in [-0.2, -0.15) is 0 Å². The molecule has 8 heteroatoms. The molecule has 2 rings (SSSR count). The summed E-state index contributed by atoms with van der Waals surface area (Å²) in [5.41, 5.74) is 0.425. The van der Waals surface area contributed by atoms with Crippen LogP contribution in [0.1, 0.15) is 0 Å². The van der Waals surface area contributed by atoms with E-state index in [0.29, 0.717) is 15.2 Å². The molecule has 1 amide bonds. The molecule has 2 aromatic carbocycles. The maximum atomic E-state index is 12.1. The van der Waals surface area contributed by atoms with Gasteiger partial charge < -0.3 is 5.32 Å². The van der Waals surface area contributed by atoms with E-state index in [1.807, 2.05) is 0 Å². The monoisotopic (exact) mass is 402 g/mol. The third kappa shape index (κ3) is 4.30. The molecule has 0 aliphatic rings. The predicted octanol–water partition coefficient (Wildman–Crippen LogP) is 3.02. The second kappa shape index (κ2) is 7.23. The lowest BCUT2D eigenvalue weighted by molar-refractivity contribution is -0.115. The largest absolute Gasteiger partial charge is 0.324 e. The number of amides is 1. The van der Waals surface area contributed by atoms with Gasteiger partial charge in [0.25, 0.3) is 0 Å². The molecule has 0 saturated heterocycles. The van der Waals surface area contributed by atoms with Crippen molar-refractivity contribution in [3.63, 3.8) is 0 Å². The van der Waals surface area contributed by atoms with E-state index in [4.69, 9.17) is 11.6 Å². The number of rotatable bonds is 5. The molecule has 0 unspecified atom stereocenters. The molecule has 0 atom stereocenters. The highest BCUT2D eigenvalue weighted by Gasteiger charge is 2.18. The van der Waals surface area contributed by atoms with Gasteiger partial charge in [0.05, 0.1) is 22.2 Å². The summed E-state index contributed by atoms with van der Waals surface area (Å²) in [4.78, 5) is 11.9. The molecule has 0 aliphatic heterocycles. The predicted molar refractivity (Wildman–Crippen MR) is 89.4 cm³/mol. The van der Waals surface area contributed by atoms with Crippen molar-refractivity contribution in [1.29, 1.82) is 0 Å². The zero-order chi connectivity index (χ0) is 16.2. The van der Waals surface area contributed by atoms with Gasteiger partial charge in [-0.05, 0) is 40.2 Å². The molecule has 0 aromatic heterocycles. The minimum atomic E-state index is -3.78. The van der Waals surface area contributed by atoms with Gasteiger partial charge >= 0.3 is 0 Å². The lowest BCUT2D eigenvalue weighted by Crippen LogP contribution is -2.33. The van der Waals surface area contributed by atoms with Crippen LogP contribution >= 0.6 is 27.5 Å². The lowest BCUT2D eigenvalue weighted by atomic mass is 10.3. The van der Waals surface area contributed by atoms with Gasteiger partial charge in [-0.1, -0.05) is 35.9 Å². The number of carbonyl (C=O) groups excluding carboxylic acids is 1. The number of benzene rings is 2. The van der Waals surface area contributed by atoms with Crippen molar-refractivity contribution in [2.45, 2.75) is 4.90 Å². The molecular weight excluding hydrogens is 392 g/mol. The molecule has 0 heterocycles. The molecule has 0 bridgehead atoms. The minimum absolute atomic E-state index is 0.0699. The van der Waals surface area contributed by atoms with Crippen LogP contribution in [0, 0.1) is 0 Å². The molecule has 2 N–H and O–H groups in total. The number of hydrogen-bond donors (Lipinski definition) is 2. The molecule has 22 heavy (non-hydrogen) atoms. The Labute approximate surface area is 141 Å². The average Bonchev–Trinajstić information content (AvgIpc) is 2.48. The summed E-state index contributed by atoms with van der Waals surface area (Å²) in [7, 11) is -3.78. The van der Waals surface area contributed by atoms with E-state index < -0.39 is 22.5 Å². The first kappa shape index (κ1) is 17.0. The lowest BCUT2D eigenvalue weighted by Gasteiger charge is -2.09. The molecular formula is C14H12BrClN2O3S. The SMILES string of the molecule is O=C(CNS(=O)(=O)c1ccccc1Br)Nc1ccccc1Cl. The summed E-state index contributed by atoms with van der Waals surface area (Å²) < 4.78 is 26.9. The average molecular weight is 404 g/mol. The molecule has 0 saturated carbocycles. The van der Waals surface area contributed by atoms with E-state index in [9.17, 15) is 13.2 Å². The Morgan fingerprint density at radius 1 is 1.09 bits per heavy atom. The highest BCUT2D eigenvalue weighted by molar-refractivity contribution is 9.10. The second-order valence-electron chi connectivity index (χ2n) is 4.28. The maximum Gasteiger partial charge on any atom is 0.242 e. The summed E-state index contributed by atoms with van der Waals surface area (Å²) in [6, 6.07) is 13.1. The zero-order valence-electron chi connectivity index (χ0n) is 11.2. The van der Waals surface area contributed by atoms with Crippen LogP contribution in [0.25, 0.3) is 0 Å². The smallest absolute Gasteiger partial charge is 0.242 e. The third-order valence-corrected chi connectivity index (χ3v) is 5.44. The van der Waals surface area contributed by atoms with Gasteiger partial charge in [0.1, 0.15) is 0 Å². The van der Waals surface area contributed by atoms with Gasteiger partial charge in [0.2, 0.25) is 15.9 Å². The van der Waals surface area contributed by atoms with E-state index in [1.54, 1.807) is 42.5 Å². The Morgan fingerprint density at radius 2 is 1.73 bits per heavy atom. The van der Waals surface area contributed by atoms with Crippen LogP contribution in [-0.2, 0) is 14.8 Å². The van der Waals surface area contributed by atoms with Crippen molar-refractivity contribution in [2.75, 3.05) is 11.9 Å². The quantitative estimate of drug-likeness (QED) is 0.806. The molecule has 116 valence electrons. The number of nitrogens with one attached hydrogen (secondary N) is 2. The van der Waals surface area contributed by atoms with Crippen LogP contribution in [0.3, 0.4) is 0 Å². The molecule has 5 nitrogen and oxygen atoms in total. The Kier molecular flexibility index (Phi) is 5.57. The van der Waals surface area contributed by atoms with E-state index in [2.05, 4.69) is 26.0 Å². The number of anilines is 1. The molecule has 0 spiro atoms. The normalized spacial score (nSPS) is 11.2.